The predicted molar refractivity (Wildman–Crippen MR) is 78.3 cm³/mol. The summed E-state index contributed by atoms with van der Waals surface area (Å²) in [6.45, 7) is 0. The first kappa shape index (κ1) is 18.9. The molecule has 0 aliphatic carbocycles. The minimum Gasteiger partial charge on any atom is -0.366 e. The number of rotatable bonds is 4. The van der Waals surface area contributed by atoms with Crippen LogP contribution < -0.4 is 11.3 Å². The van der Waals surface area contributed by atoms with E-state index in [1.165, 1.54) is 0 Å². The number of methoxy groups -OCH3 is 1. The topological polar surface area (TPSA) is 129 Å². The number of halogens is 3. The molecular weight excluding hydrogens is 369 g/mol. The fourth-order valence-corrected chi connectivity index (χ4v) is 2.82. The van der Waals surface area contributed by atoms with E-state index >= 15 is 0 Å². The number of nitrogens with two attached hydrogens (primary N) is 1. The Balaban J connectivity index is 3.03. The van der Waals surface area contributed by atoms with E-state index in [1.54, 1.807) is 0 Å². The molecule has 136 valence electrons. The van der Waals surface area contributed by atoms with Crippen molar-refractivity contribution in [2.24, 2.45) is 5.73 Å². The maximum absolute atomic E-state index is 13.2. The van der Waals surface area contributed by atoms with Gasteiger partial charge in [-0.1, -0.05) is 0 Å². The second kappa shape index (κ2) is 6.13. The Labute approximate surface area is 138 Å². The number of hydrogen-bond acceptors (Lipinski definition) is 5. The van der Waals surface area contributed by atoms with Gasteiger partial charge in [0.05, 0.1) is 16.0 Å². The third-order valence-electron chi connectivity index (χ3n) is 3.33. The molecule has 3 N–H and O–H groups in total. The standard InChI is InChI=1S/C13H11F3N2O6S/c1-24-12(11(17)20)18-9-3-2-6(25(21,22)23)4-7(9)8(5-10(18)19)13(14,15)16/h2-5,12H,1H3,(H2,17,20)(H,21,22,23). The summed E-state index contributed by atoms with van der Waals surface area (Å²) in [5, 5.41) is -0.731. The molecule has 8 nitrogen and oxygen atoms in total. The first-order chi connectivity index (χ1) is 11.4. The molecule has 0 aliphatic heterocycles. The fourth-order valence-electron chi connectivity index (χ4n) is 2.32. The monoisotopic (exact) mass is 380 g/mol. The number of carbonyl (C=O) groups is 1. The Kier molecular flexibility index (Phi) is 4.63. The summed E-state index contributed by atoms with van der Waals surface area (Å²) in [7, 11) is -3.79. The van der Waals surface area contributed by atoms with Crippen LogP contribution >= 0.6 is 0 Å². The second-order valence-corrected chi connectivity index (χ2v) is 6.33. The number of pyridine rings is 1. The Morgan fingerprint density at radius 3 is 2.36 bits per heavy atom. The molecule has 25 heavy (non-hydrogen) atoms. The molecule has 0 spiro atoms. The van der Waals surface area contributed by atoms with E-state index < -0.39 is 55.4 Å². The molecule has 2 rings (SSSR count). The van der Waals surface area contributed by atoms with Crippen molar-refractivity contribution in [2.75, 3.05) is 7.11 Å². The molecule has 2 aromatic rings. The molecule has 12 heteroatoms. The van der Waals surface area contributed by atoms with Gasteiger partial charge in [0.1, 0.15) is 0 Å². The number of alkyl halides is 3. The molecule has 0 radical (unpaired) electrons. The Morgan fingerprint density at radius 2 is 1.92 bits per heavy atom. The predicted octanol–water partition coefficient (Wildman–Crippen LogP) is 0.897. The summed E-state index contributed by atoms with van der Waals surface area (Å²) in [5.41, 5.74) is 1.97. The highest BCUT2D eigenvalue weighted by Crippen LogP contribution is 2.35. The number of aromatic nitrogens is 1. The van der Waals surface area contributed by atoms with Crippen molar-refractivity contribution in [3.05, 3.63) is 40.2 Å². The van der Waals surface area contributed by atoms with Gasteiger partial charge >= 0.3 is 6.18 Å². The number of ether oxygens (including phenoxy) is 1. The largest absolute Gasteiger partial charge is 0.417 e. The molecule has 1 aromatic carbocycles. The maximum Gasteiger partial charge on any atom is 0.417 e. The Bertz CT molecular complexity index is 1010. The first-order valence-electron chi connectivity index (χ1n) is 6.44. The maximum atomic E-state index is 13.2. The minimum absolute atomic E-state index is 0.186. The lowest BCUT2D eigenvalue weighted by Crippen LogP contribution is -2.35. The van der Waals surface area contributed by atoms with Crippen LogP contribution in [0.1, 0.15) is 11.8 Å². The molecule has 0 aliphatic rings. The van der Waals surface area contributed by atoms with Gasteiger partial charge in [0.25, 0.3) is 21.6 Å². The normalized spacial score (nSPS) is 13.8. The van der Waals surface area contributed by atoms with Gasteiger partial charge in [-0.2, -0.15) is 21.6 Å². The van der Waals surface area contributed by atoms with Gasteiger partial charge in [-0.3, -0.25) is 18.7 Å². The Hall–Kier alpha value is -2.44. The minimum atomic E-state index is -5.00. The van der Waals surface area contributed by atoms with Crippen molar-refractivity contribution in [1.82, 2.24) is 4.57 Å². The first-order valence-corrected chi connectivity index (χ1v) is 7.88. The van der Waals surface area contributed by atoms with Gasteiger partial charge in [0.15, 0.2) is 0 Å². The van der Waals surface area contributed by atoms with Crippen LogP contribution in [0.3, 0.4) is 0 Å². The van der Waals surface area contributed by atoms with Crippen LogP contribution in [0.4, 0.5) is 13.2 Å². The van der Waals surface area contributed by atoms with E-state index in [1.807, 2.05) is 0 Å². The zero-order chi connectivity index (χ0) is 19.2. The molecule has 0 saturated carbocycles. The van der Waals surface area contributed by atoms with E-state index in [9.17, 15) is 31.2 Å². The molecule has 0 saturated heterocycles. The highest BCUT2D eigenvalue weighted by molar-refractivity contribution is 7.85. The van der Waals surface area contributed by atoms with Crippen LogP contribution in [0, 0.1) is 0 Å². The lowest BCUT2D eigenvalue weighted by atomic mass is 10.1. The molecule has 0 fully saturated rings. The van der Waals surface area contributed by atoms with Crippen molar-refractivity contribution < 1.29 is 35.7 Å². The van der Waals surface area contributed by atoms with Gasteiger partial charge in [-0.15, -0.1) is 0 Å². The number of amides is 1. The van der Waals surface area contributed by atoms with Gasteiger partial charge < -0.3 is 10.5 Å². The number of carbonyl (C=O) groups excluding carboxylic acids is 1. The van der Waals surface area contributed by atoms with Gasteiger partial charge in [-0.25, -0.2) is 0 Å². The van der Waals surface area contributed by atoms with E-state index in [2.05, 4.69) is 0 Å². The fraction of sp³-hybridized carbons (Fsp3) is 0.231. The van der Waals surface area contributed by atoms with Crippen LogP contribution in [0.5, 0.6) is 0 Å². The zero-order valence-electron chi connectivity index (χ0n) is 12.4. The number of primary amides is 1. The summed E-state index contributed by atoms with van der Waals surface area (Å²) in [5.74, 6) is -1.15. The van der Waals surface area contributed by atoms with E-state index in [-0.39, 0.29) is 6.07 Å². The summed E-state index contributed by atoms with van der Waals surface area (Å²) in [4.78, 5) is 22.7. The Morgan fingerprint density at radius 1 is 1.32 bits per heavy atom. The van der Waals surface area contributed by atoms with Gasteiger partial charge in [0, 0.05) is 18.6 Å². The van der Waals surface area contributed by atoms with Crippen molar-refractivity contribution in [3.63, 3.8) is 0 Å². The lowest BCUT2D eigenvalue weighted by Gasteiger charge is -2.20. The van der Waals surface area contributed by atoms with Crippen molar-refractivity contribution in [3.8, 4) is 0 Å². The van der Waals surface area contributed by atoms with Crippen molar-refractivity contribution >= 4 is 26.9 Å². The smallest absolute Gasteiger partial charge is 0.366 e. The molecular formula is C13H11F3N2O6S. The molecule has 1 amide bonds. The van der Waals surface area contributed by atoms with Gasteiger partial charge in [-0.05, 0) is 18.2 Å². The van der Waals surface area contributed by atoms with E-state index in [0.717, 1.165) is 19.2 Å². The third kappa shape index (κ3) is 3.50. The zero-order valence-corrected chi connectivity index (χ0v) is 13.3. The van der Waals surface area contributed by atoms with Crippen molar-refractivity contribution in [1.29, 1.82) is 0 Å². The SMILES string of the molecule is COC(C(N)=O)n1c(=O)cc(C(F)(F)F)c2cc(S(=O)(=O)O)ccc21. The average molecular weight is 380 g/mol. The summed E-state index contributed by atoms with van der Waals surface area (Å²) in [6.07, 6.45) is -6.71. The molecule has 1 atom stereocenters. The lowest BCUT2D eigenvalue weighted by molar-refractivity contribution is -0.136. The van der Waals surface area contributed by atoms with Crippen LogP contribution in [0.2, 0.25) is 0 Å². The highest BCUT2D eigenvalue weighted by Gasteiger charge is 2.35. The molecule has 1 unspecified atom stereocenters. The van der Waals surface area contributed by atoms with E-state index in [4.69, 9.17) is 15.0 Å². The molecule has 1 aromatic heterocycles. The number of benzene rings is 1. The van der Waals surface area contributed by atoms with E-state index in [0.29, 0.717) is 10.6 Å². The number of fused-ring (bicyclic) bond motifs is 1. The average Bonchev–Trinajstić information content (AvgIpc) is 2.46. The van der Waals surface area contributed by atoms with Crippen LogP contribution in [-0.2, 0) is 25.8 Å². The molecule has 0 bridgehead atoms. The molecule has 1 heterocycles. The number of hydrogen-bond donors (Lipinski definition) is 2. The van der Waals surface area contributed by atoms with Crippen molar-refractivity contribution in [2.45, 2.75) is 17.3 Å². The van der Waals surface area contributed by atoms with Crippen LogP contribution in [-0.4, -0.2) is 30.6 Å². The summed E-state index contributed by atoms with van der Waals surface area (Å²) in [6, 6.07) is 2.34. The quantitative estimate of drug-likeness (QED) is 0.758. The summed E-state index contributed by atoms with van der Waals surface area (Å²) >= 11 is 0. The second-order valence-electron chi connectivity index (χ2n) is 4.91. The van der Waals surface area contributed by atoms with Crippen LogP contribution in [0.25, 0.3) is 10.9 Å². The third-order valence-corrected chi connectivity index (χ3v) is 4.18. The van der Waals surface area contributed by atoms with Crippen LogP contribution in [0.15, 0.2) is 34.0 Å². The summed E-state index contributed by atoms with van der Waals surface area (Å²) < 4.78 is 76.4. The van der Waals surface area contributed by atoms with Gasteiger partial charge in [0.2, 0.25) is 6.23 Å². The highest BCUT2D eigenvalue weighted by atomic mass is 32.2. The number of nitrogens with zero attached hydrogens (tertiary/aromatic N) is 1.